The molecule has 162 valence electrons. The minimum absolute atomic E-state index is 0.234. The van der Waals surface area contributed by atoms with Gasteiger partial charge in [-0.1, -0.05) is 30.3 Å². The molecule has 2 unspecified atom stereocenters. The third-order valence-electron chi connectivity index (χ3n) is 5.40. The van der Waals surface area contributed by atoms with Gasteiger partial charge in [-0.15, -0.1) is 0 Å². The summed E-state index contributed by atoms with van der Waals surface area (Å²) in [6.45, 7) is 6.97. The maximum atomic E-state index is 13.5. The Morgan fingerprint density at radius 1 is 1.17 bits per heavy atom. The van der Waals surface area contributed by atoms with Crippen molar-refractivity contribution in [1.29, 1.82) is 0 Å². The average molecular weight is 417 g/mol. The molecule has 7 heteroatoms. The van der Waals surface area contributed by atoms with E-state index in [1.807, 2.05) is 37.3 Å². The Hall–Kier alpha value is -2.67. The van der Waals surface area contributed by atoms with Gasteiger partial charge in [-0.25, -0.2) is 13.8 Å². The summed E-state index contributed by atoms with van der Waals surface area (Å²) in [5.74, 6) is -0.633. The van der Waals surface area contributed by atoms with E-state index >= 15 is 0 Å². The molecule has 1 saturated heterocycles. The van der Waals surface area contributed by atoms with E-state index < -0.39 is 17.2 Å². The monoisotopic (exact) mass is 416 g/mol. The first-order valence-corrected chi connectivity index (χ1v) is 10.4. The smallest absolute Gasteiger partial charge is 0.191 e. The van der Waals surface area contributed by atoms with Crippen LogP contribution in [0.4, 0.5) is 14.5 Å². The van der Waals surface area contributed by atoms with Crippen molar-refractivity contribution in [3.05, 3.63) is 65.7 Å². The maximum Gasteiger partial charge on any atom is 0.191 e. The van der Waals surface area contributed by atoms with E-state index in [1.54, 1.807) is 13.0 Å². The molecule has 0 aliphatic carbocycles. The molecule has 0 radical (unpaired) electrons. The van der Waals surface area contributed by atoms with E-state index in [0.29, 0.717) is 30.7 Å². The summed E-state index contributed by atoms with van der Waals surface area (Å²) in [7, 11) is 0. The number of rotatable bonds is 7. The number of halogens is 2. The van der Waals surface area contributed by atoms with Gasteiger partial charge in [-0.2, -0.15) is 0 Å². The van der Waals surface area contributed by atoms with Gasteiger partial charge in [0.15, 0.2) is 17.6 Å². The second-order valence-corrected chi connectivity index (χ2v) is 7.92. The Balaban J connectivity index is 1.55. The molecule has 1 heterocycles. The lowest BCUT2D eigenvalue weighted by Crippen LogP contribution is -2.41. The second-order valence-electron chi connectivity index (χ2n) is 7.92. The minimum Gasteiger partial charge on any atom is -0.384 e. The minimum atomic E-state index is -1.06. The van der Waals surface area contributed by atoms with Crippen LogP contribution in [-0.4, -0.2) is 43.8 Å². The van der Waals surface area contributed by atoms with Crippen molar-refractivity contribution < 1.29 is 13.9 Å². The molecule has 2 atom stereocenters. The van der Waals surface area contributed by atoms with Gasteiger partial charge in [0.1, 0.15) is 5.60 Å². The van der Waals surface area contributed by atoms with E-state index in [0.717, 1.165) is 25.1 Å². The average Bonchev–Trinajstić information content (AvgIpc) is 3.22. The SMILES string of the molecule is CCNC(=NCC(C)(O)c1ccccc1)NCC1CCN(c2ccc(F)c(F)c2)C1. The lowest BCUT2D eigenvalue weighted by molar-refractivity contribution is 0.0672. The summed E-state index contributed by atoms with van der Waals surface area (Å²) in [5, 5.41) is 17.3. The number of anilines is 1. The Morgan fingerprint density at radius 3 is 2.63 bits per heavy atom. The van der Waals surface area contributed by atoms with Gasteiger partial charge >= 0.3 is 0 Å². The van der Waals surface area contributed by atoms with Gasteiger partial charge in [0.25, 0.3) is 0 Å². The van der Waals surface area contributed by atoms with E-state index in [-0.39, 0.29) is 6.54 Å². The van der Waals surface area contributed by atoms with Crippen LogP contribution in [-0.2, 0) is 5.60 Å². The van der Waals surface area contributed by atoms with Gasteiger partial charge in [0, 0.05) is 37.9 Å². The molecule has 0 saturated carbocycles. The number of hydrogen-bond acceptors (Lipinski definition) is 3. The predicted molar refractivity (Wildman–Crippen MR) is 117 cm³/mol. The highest BCUT2D eigenvalue weighted by Crippen LogP contribution is 2.25. The fraction of sp³-hybridized carbons (Fsp3) is 0.435. The number of guanidine groups is 1. The third-order valence-corrected chi connectivity index (χ3v) is 5.40. The van der Waals surface area contributed by atoms with Crippen LogP contribution in [0.3, 0.4) is 0 Å². The second kappa shape index (κ2) is 9.89. The summed E-state index contributed by atoms with van der Waals surface area (Å²) >= 11 is 0. The normalized spacial score (nSPS) is 18.9. The molecule has 2 aromatic carbocycles. The maximum absolute atomic E-state index is 13.5. The summed E-state index contributed by atoms with van der Waals surface area (Å²) in [5.41, 5.74) is 0.471. The standard InChI is InChI=1S/C23H30F2N4O/c1-3-26-22(28-16-23(2,30)18-7-5-4-6-8-18)27-14-17-11-12-29(15-17)19-9-10-20(24)21(25)13-19/h4-10,13,17,30H,3,11-12,14-16H2,1-2H3,(H2,26,27,28). The van der Waals surface area contributed by atoms with Crippen LogP contribution in [0.25, 0.3) is 0 Å². The number of nitrogens with one attached hydrogen (secondary N) is 2. The highest BCUT2D eigenvalue weighted by Gasteiger charge is 2.25. The quantitative estimate of drug-likeness (QED) is 0.479. The molecule has 0 amide bonds. The highest BCUT2D eigenvalue weighted by atomic mass is 19.2. The Morgan fingerprint density at radius 2 is 1.93 bits per heavy atom. The lowest BCUT2D eigenvalue weighted by Gasteiger charge is -2.23. The molecular formula is C23H30F2N4O. The molecule has 0 spiro atoms. The number of benzene rings is 2. The molecule has 0 bridgehead atoms. The van der Waals surface area contributed by atoms with Crippen molar-refractivity contribution >= 4 is 11.6 Å². The predicted octanol–water partition coefficient (Wildman–Crippen LogP) is 3.25. The number of nitrogens with zero attached hydrogens (tertiary/aromatic N) is 2. The Bertz CT molecular complexity index is 858. The molecular weight excluding hydrogens is 386 g/mol. The molecule has 3 N–H and O–H groups in total. The van der Waals surface area contributed by atoms with Gasteiger partial charge < -0.3 is 20.6 Å². The summed E-state index contributed by atoms with van der Waals surface area (Å²) < 4.78 is 26.7. The van der Waals surface area contributed by atoms with Crippen LogP contribution in [0.1, 0.15) is 25.8 Å². The molecule has 0 aromatic heterocycles. The zero-order valence-corrected chi connectivity index (χ0v) is 17.5. The summed E-state index contributed by atoms with van der Waals surface area (Å²) in [6.07, 6.45) is 0.952. The first-order chi connectivity index (χ1) is 14.4. The largest absolute Gasteiger partial charge is 0.384 e. The number of aliphatic hydroxyl groups is 1. The van der Waals surface area contributed by atoms with Gasteiger partial charge in [-0.3, -0.25) is 0 Å². The van der Waals surface area contributed by atoms with E-state index in [2.05, 4.69) is 20.5 Å². The van der Waals surface area contributed by atoms with Crippen LogP contribution in [0.5, 0.6) is 0 Å². The van der Waals surface area contributed by atoms with Crippen molar-refractivity contribution in [1.82, 2.24) is 10.6 Å². The first kappa shape index (κ1) is 22.0. The van der Waals surface area contributed by atoms with Crippen molar-refractivity contribution in [2.45, 2.75) is 25.9 Å². The highest BCUT2D eigenvalue weighted by molar-refractivity contribution is 5.79. The fourth-order valence-corrected chi connectivity index (χ4v) is 3.62. The summed E-state index contributed by atoms with van der Waals surface area (Å²) in [6, 6.07) is 13.5. The zero-order chi connectivity index (χ0) is 21.6. The first-order valence-electron chi connectivity index (χ1n) is 10.4. The third kappa shape index (κ3) is 5.69. The van der Waals surface area contributed by atoms with Gasteiger partial charge in [0.2, 0.25) is 0 Å². The van der Waals surface area contributed by atoms with Gasteiger partial charge in [-0.05, 0) is 43.9 Å². The van der Waals surface area contributed by atoms with Crippen LogP contribution in [0.2, 0.25) is 0 Å². The van der Waals surface area contributed by atoms with Crippen molar-refractivity contribution in [3.63, 3.8) is 0 Å². The Labute approximate surface area is 176 Å². The summed E-state index contributed by atoms with van der Waals surface area (Å²) in [4.78, 5) is 6.63. The van der Waals surface area contributed by atoms with Crippen molar-refractivity contribution in [3.8, 4) is 0 Å². The molecule has 30 heavy (non-hydrogen) atoms. The van der Waals surface area contributed by atoms with E-state index in [4.69, 9.17) is 0 Å². The topological polar surface area (TPSA) is 59.9 Å². The van der Waals surface area contributed by atoms with E-state index in [9.17, 15) is 13.9 Å². The number of aliphatic imine (C=N–C) groups is 1. The number of hydrogen-bond donors (Lipinski definition) is 3. The van der Waals surface area contributed by atoms with Crippen LogP contribution >= 0.6 is 0 Å². The van der Waals surface area contributed by atoms with Crippen LogP contribution < -0.4 is 15.5 Å². The zero-order valence-electron chi connectivity index (χ0n) is 17.5. The lowest BCUT2D eigenvalue weighted by atomic mass is 9.96. The van der Waals surface area contributed by atoms with Crippen LogP contribution in [0, 0.1) is 17.6 Å². The Kier molecular flexibility index (Phi) is 7.26. The molecule has 3 rings (SSSR count). The van der Waals surface area contributed by atoms with Crippen LogP contribution in [0.15, 0.2) is 53.5 Å². The molecule has 5 nitrogen and oxygen atoms in total. The fourth-order valence-electron chi connectivity index (χ4n) is 3.62. The van der Waals surface area contributed by atoms with E-state index in [1.165, 1.54) is 12.1 Å². The molecule has 1 fully saturated rings. The molecule has 1 aliphatic rings. The van der Waals surface area contributed by atoms with Gasteiger partial charge in [0.05, 0.1) is 6.54 Å². The molecule has 1 aliphatic heterocycles. The molecule has 2 aromatic rings. The van der Waals surface area contributed by atoms with Crippen molar-refractivity contribution in [2.75, 3.05) is 37.6 Å². The van der Waals surface area contributed by atoms with Crippen molar-refractivity contribution in [2.24, 2.45) is 10.9 Å².